The Hall–Kier alpha value is -1.96. The van der Waals surface area contributed by atoms with Gasteiger partial charge in [0.2, 0.25) is 0 Å². The lowest BCUT2D eigenvalue weighted by molar-refractivity contribution is 0.248. The van der Waals surface area contributed by atoms with Gasteiger partial charge in [0, 0.05) is 30.2 Å². The highest BCUT2D eigenvalue weighted by molar-refractivity contribution is 7.15. The minimum absolute atomic E-state index is 0. The van der Waals surface area contributed by atoms with Crippen LogP contribution in [0.25, 0.3) is 5.69 Å². The molecule has 1 saturated carbocycles. The van der Waals surface area contributed by atoms with Gasteiger partial charge in [-0.1, -0.05) is 12.1 Å². The van der Waals surface area contributed by atoms with Crippen LogP contribution in [-0.4, -0.2) is 30.7 Å². The molecule has 8 heteroatoms. The van der Waals surface area contributed by atoms with Crippen LogP contribution >= 0.6 is 23.7 Å². The van der Waals surface area contributed by atoms with Crippen molar-refractivity contribution < 1.29 is 0 Å². The van der Waals surface area contributed by atoms with E-state index in [4.69, 9.17) is 5.73 Å². The summed E-state index contributed by atoms with van der Waals surface area (Å²) in [5.74, 6) is 0. The molecule has 1 aliphatic rings. The van der Waals surface area contributed by atoms with E-state index in [1.54, 1.807) is 28.7 Å². The Bertz CT molecular complexity index is 766. The number of rotatable bonds is 6. The van der Waals surface area contributed by atoms with Crippen molar-refractivity contribution in [2.45, 2.75) is 32.0 Å². The first kappa shape index (κ1) is 16.9. The SMILES string of the molecule is Cl.Nc1ncc(CN(Cc2ccc(-n3cncn3)cc2)C2CC2)s1. The van der Waals surface area contributed by atoms with Crippen LogP contribution in [0.3, 0.4) is 0 Å². The van der Waals surface area contributed by atoms with Crippen molar-refractivity contribution in [3.8, 4) is 5.69 Å². The van der Waals surface area contributed by atoms with Crippen molar-refractivity contribution >= 4 is 28.9 Å². The molecule has 6 nitrogen and oxygen atoms in total. The summed E-state index contributed by atoms with van der Waals surface area (Å²) < 4.78 is 1.77. The van der Waals surface area contributed by atoms with E-state index >= 15 is 0 Å². The van der Waals surface area contributed by atoms with Gasteiger partial charge in [-0.2, -0.15) is 5.10 Å². The van der Waals surface area contributed by atoms with Crippen molar-refractivity contribution in [2.75, 3.05) is 5.73 Å². The number of aromatic nitrogens is 4. The monoisotopic (exact) mass is 362 g/mol. The number of nitrogen functional groups attached to an aromatic ring is 1. The van der Waals surface area contributed by atoms with Gasteiger partial charge in [0.1, 0.15) is 12.7 Å². The zero-order chi connectivity index (χ0) is 15.6. The molecule has 3 aromatic rings. The molecule has 4 rings (SSSR count). The number of benzene rings is 1. The zero-order valence-electron chi connectivity index (χ0n) is 13.1. The van der Waals surface area contributed by atoms with Gasteiger partial charge in [0.05, 0.1) is 5.69 Å². The Kier molecular flexibility index (Phi) is 5.13. The fourth-order valence-corrected chi connectivity index (χ4v) is 3.39. The fourth-order valence-electron chi connectivity index (χ4n) is 2.68. The van der Waals surface area contributed by atoms with E-state index in [0.717, 1.165) is 18.8 Å². The van der Waals surface area contributed by atoms with Crippen molar-refractivity contribution in [3.05, 3.63) is 53.6 Å². The van der Waals surface area contributed by atoms with Gasteiger partial charge in [-0.3, -0.25) is 4.90 Å². The lowest BCUT2D eigenvalue weighted by Crippen LogP contribution is -2.24. The van der Waals surface area contributed by atoms with E-state index in [9.17, 15) is 0 Å². The Morgan fingerprint density at radius 2 is 2.00 bits per heavy atom. The average Bonchev–Trinajstić information content (AvgIpc) is 3.10. The molecule has 0 spiro atoms. The molecule has 1 aromatic carbocycles. The number of nitrogens with zero attached hydrogens (tertiary/aromatic N) is 5. The molecule has 0 saturated heterocycles. The van der Waals surface area contributed by atoms with E-state index in [0.29, 0.717) is 11.2 Å². The van der Waals surface area contributed by atoms with Gasteiger partial charge in [-0.05, 0) is 30.5 Å². The zero-order valence-corrected chi connectivity index (χ0v) is 14.7. The van der Waals surface area contributed by atoms with E-state index in [1.165, 1.54) is 23.3 Å². The molecule has 0 bridgehead atoms. The van der Waals surface area contributed by atoms with Crippen LogP contribution in [0.2, 0.25) is 0 Å². The molecule has 0 aliphatic heterocycles. The van der Waals surface area contributed by atoms with Gasteiger partial charge in [-0.25, -0.2) is 14.6 Å². The first-order valence-corrected chi connectivity index (χ1v) is 8.48. The first-order valence-electron chi connectivity index (χ1n) is 7.66. The molecule has 1 fully saturated rings. The standard InChI is InChI=1S/C16H18N6S.ClH/c17-16-19-7-15(23-16)9-21(13-5-6-13)8-12-1-3-14(4-2-12)22-11-18-10-20-22;/h1-4,7,10-11,13H,5-6,8-9H2,(H2,17,19);1H. The summed E-state index contributed by atoms with van der Waals surface area (Å²) in [6.07, 6.45) is 7.71. The number of hydrogen-bond acceptors (Lipinski definition) is 6. The van der Waals surface area contributed by atoms with Crippen molar-refractivity contribution in [1.29, 1.82) is 0 Å². The molecule has 24 heavy (non-hydrogen) atoms. The van der Waals surface area contributed by atoms with Gasteiger partial charge in [0.25, 0.3) is 0 Å². The van der Waals surface area contributed by atoms with Crippen LogP contribution in [0.15, 0.2) is 43.1 Å². The summed E-state index contributed by atoms with van der Waals surface area (Å²) in [5.41, 5.74) is 8.07. The number of thiazole rings is 1. The minimum Gasteiger partial charge on any atom is -0.375 e. The normalized spacial score (nSPS) is 13.9. The summed E-state index contributed by atoms with van der Waals surface area (Å²) in [7, 11) is 0. The third-order valence-corrected chi connectivity index (χ3v) is 4.81. The van der Waals surface area contributed by atoms with Crippen LogP contribution in [-0.2, 0) is 13.1 Å². The second-order valence-corrected chi connectivity index (χ2v) is 6.95. The molecule has 1 aliphatic carbocycles. The van der Waals surface area contributed by atoms with Crippen LogP contribution in [0.1, 0.15) is 23.3 Å². The maximum Gasteiger partial charge on any atom is 0.180 e. The maximum atomic E-state index is 5.74. The average molecular weight is 363 g/mol. The fraction of sp³-hybridized carbons (Fsp3) is 0.312. The number of halogens is 1. The summed E-state index contributed by atoms with van der Waals surface area (Å²) >= 11 is 1.58. The van der Waals surface area contributed by atoms with Gasteiger partial charge in [-0.15, -0.1) is 23.7 Å². The van der Waals surface area contributed by atoms with Crippen molar-refractivity contribution in [1.82, 2.24) is 24.6 Å². The van der Waals surface area contributed by atoms with Crippen molar-refractivity contribution in [2.24, 2.45) is 0 Å². The molecule has 2 aromatic heterocycles. The topological polar surface area (TPSA) is 72.9 Å². The molecule has 0 amide bonds. The Balaban J connectivity index is 0.00000169. The summed E-state index contributed by atoms with van der Waals surface area (Å²) in [4.78, 5) is 11.9. The molecule has 0 atom stereocenters. The van der Waals surface area contributed by atoms with E-state index in [-0.39, 0.29) is 12.4 Å². The Morgan fingerprint density at radius 1 is 1.21 bits per heavy atom. The lowest BCUT2D eigenvalue weighted by Gasteiger charge is -2.21. The number of hydrogen-bond donors (Lipinski definition) is 1. The maximum absolute atomic E-state index is 5.74. The Labute approximate surface area is 150 Å². The predicted molar refractivity (Wildman–Crippen MR) is 97.4 cm³/mol. The summed E-state index contributed by atoms with van der Waals surface area (Å²) in [6.45, 7) is 1.87. The van der Waals surface area contributed by atoms with E-state index < -0.39 is 0 Å². The lowest BCUT2D eigenvalue weighted by atomic mass is 10.2. The molecule has 126 valence electrons. The molecular weight excluding hydrogens is 344 g/mol. The molecule has 0 unspecified atom stereocenters. The van der Waals surface area contributed by atoms with E-state index in [1.807, 2.05) is 6.20 Å². The van der Waals surface area contributed by atoms with Crippen LogP contribution in [0.4, 0.5) is 5.13 Å². The minimum atomic E-state index is 0. The quantitative estimate of drug-likeness (QED) is 0.729. The summed E-state index contributed by atoms with van der Waals surface area (Å²) in [5, 5.41) is 4.80. The molecule has 2 N–H and O–H groups in total. The molecule has 0 radical (unpaired) electrons. The van der Waals surface area contributed by atoms with Gasteiger partial charge < -0.3 is 5.73 Å². The Morgan fingerprint density at radius 3 is 2.58 bits per heavy atom. The third kappa shape index (κ3) is 3.92. The second-order valence-electron chi connectivity index (χ2n) is 5.81. The number of nitrogens with two attached hydrogens (primary N) is 1. The molecular formula is C16H19ClN6S. The smallest absolute Gasteiger partial charge is 0.180 e. The largest absolute Gasteiger partial charge is 0.375 e. The van der Waals surface area contributed by atoms with Crippen LogP contribution in [0, 0.1) is 0 Å². The van der Waals surface area contributed by atoms with Crippen LogP contribution < -0.4 is 5.73 Å². The summed E-state index contributed by atoms with van der Waals surface area (Å²) in [6, 6.07) is 9.17. The van der Waals surface area contributed by atoms with Crippen molar-refractivity contribution in [3.63, 3.8) is 0 Å². The third-order valence-electron chi connectivity index (χ3n) is 4.00. The number of anilines is 1. The van der Waals surface area contributed by atoms with Gasteiger partial charge in [0.15, 0.2) is 5.13 Å². The second kappa shape index (κ2) is 7.29. The van der Waals surface area contributed by atoms with Crippen LogP contribution in [0.5, 0.6) is 0 Å². The van der Waals surface area contributed by atoms with E-state index in [2.05, 4.69) is 44.2 Å². The first-order chi connectivity index (χ1) is 11.3. The molecule has 2 heterocycles. The highest BCUT2D eigenvalue weighted by Gasteiger charge is 2.29. The highest BCUT2D eigenvalue weighted by Crippen LogP contribution is 2.31. The highest BCUT2D eigenvalue weighted by atomic mass is 35.5. The van der Waals surface area contributed by atoms with Gasteiger partial charge >= 0.3 is 0 Å². The predicted octanol–water partition coefficient (Wildman–Crippen LogP) is 2.89.